The van der Waals surface area contributed by atoms with Gasteiger partial charge in [0, 0.05) is 19.0 Å². The molecule has 2 atom stereocenters. The van der Waals surface area contributed by atoms with Crippen LogP contribution in [0, 0.1) is 11.8 Å². The summed E-state index contributed by atoms with van der Waals surface area (Å²) in [6.07, 6.45) is 6.79. The van der Waals surface area contributed by atoms with Crippen LogP contribution in [-0.2, 0) is 13.5 Å². The van der Waals surface area contributed by atoms with Gasteiger partial charge in [-0.3, -0.25) is 4.68 Å². The van der Waals surface area contributed by atoms with E-state index in [0.29, 0.717) is 0 Å². The fraction of sp³-hybridized carbons (Fsp3) is 0.857. The minimum atomic E-state index is 0.220. The SMILES string of the molecule is Cn1ncnc1CC1CCCC1CNC(C)(C)C. The van der Waals surface area contributed by atoms with Gasteiger partial charge in [-0.15, -0.1) is 0 Å². The summed E-state index contributed by atoms with van der Waals surface area (Å²) in [6.45, 7) is 7.84. The van der Waals surface area contributed by atoms with E-state index in [1.54, 1.807) is 6.33 Å². The monoisotopic (exact) mass is 250 g/mol. The number of nitrogens with one attached hydrogen (secondary N) is 1. The third-order valence-electron chi connectivity index (χ3n) is 3.96. The Hall–Kier alpha value is -0.900. The highest BCUT2D eigenvalue weighted by Crippen LogP contribution is 2.33. The number of nitrogens with zero attached hydrogens (tertiary/aromatic N) is 3. The van der Waals surface area contributed by atoms with Crippen LogP contribution in [0.25, 0.3) is 0 Å². The molecule has 0 aromatic carbocycles. The van der Waals surface area contributed by atoms with Gasteiger partial charge in [-0.1, -0.05) is 6.42 Å². The molecule has 4 nitrogen and oxygen atoms in total. The largest absolute Gasteiger partial charge is 0.312 e. The summed E-state index contributed by atoms with van der Waals surface area (Å²) >= 11 is 0. The maximum absolute atomic E-state index is 4.35. The third-order valence-corrected chi connectivity index (χ3v) is 3.96. The van der Waals surface area contributed by atoms with Crippen molar-refractivity contribution in [3.63, 3.8) is 0 Å². The van der Waals surface area contributed by atoms with Crippen LogP contribution in [0.15, 0.2) is 6.33 Å². The van der Waals surface area contributed by atoms with Gasteiger partial charge in [0.1, 0.15) is 12.2 Å². The maximum Gasteiger partial charge on any atom is 0.138 e. The van der Waals surface area contributed by atoms with E-state index < -0.39 is 0 Å². The van der Waals surface area contributed by atoms with Crippen LogP contribution in [-0.4, -0.2) is 26.8 Å². The molecule has 0 radical (unpaired) electrons. The molecule has 1 aliphatic rings. The van der Waals surface area contributed by atoms with Crippen LogP contribution >= 0.6 is 0 Å². The smallest absolute Gasteiger partial charge is 0.138 e. The zero-order valence-corrected chi connectivity index (χ0v) is 12.1. The molecular weight excluding hydrogens is 224 g/mol. The highest BCUT2D eigenvalue weighted by atomic mass is 15.3. The summed E-state index contributed by atoms with van der Waals surface area (Å²) in [5.41, 5.74) is 0.220. The molecule has 4 heteroatoms. The molecule has 1 heterocycles. The molecule has 2 unspecified atom stereocenters. The maximum atomic E-state index is 4.35. The van der Waals surface area contributed by atoms with Crippen molar-refractivity contribution < 1.29 is 0 Å². The van der Waals surface area contributed by atoms with Gasteiger partial charge in [0.2, 0.25) is 0 Å². The second-order valence-electron chi connectivity index (χ2n) is 6.59. The average molecular weight is 250 g/mol. The van der Waals surface area contributed by atoms with E-state index >= 15 is 0 Å². The van der Waals surface area contributed by atoms with Crippen LogP contribution in [0.1, 0.15) is 45.9 Å². The lowest BCUT2D eigenvalue weighted by molar-refractivity contribution is 0.312. The average Bonchev–Trinajstić information content (AvgIpc) is 2.86. The molecule has 1 aliphatic carbocycles. The summed E-state index contributed by atoms with van der Waals surface area (Å²) in [6, 6.07) is 0. The lowest BCUT2D eigenvalue weighted by atomic mass is 9.91. The highest BCUT2D eigenvalue weighted by molar-refractivity contribution is 4.91. The number of hydrogen-bond acceptors (Lipinski definition) is 3. The van der Waals surface area contributed by atoms with Crippen molar-refractivity contribution in [3.8, 4) is 0 Å². The number of aryl methyl sites for hydroxylation is 1. The Labute approximate surface area is 110 Å². The molecule has 18 heavy (non-hydrogen) atoms. The Kier molecular flexibility index (Phi) is 4.05. The summed E-state index contributed by atoms with van der Waals surface area (Å²) in [5, 5.41) is 7.80. The zero-order chi connectivity index (χ0) is 13.2. The molecular formula is C14H26N4. The van der Waals surface area contributed by atoms with Crippen molar-refractivity contribution in [3.05, 3.63) is 12.2 Å². The van der Waals surface area contributed by atoms with Crippen LogP contribution in [0.5, 0.6) is 0 Å². The molecule has 0 saturated heterocycles. The molecule has 0 spiro atoms. The fourth-order valence-corrected chi connectivity index (χ4v) is 2.83. The summed E-state index contributed by atoms with van der Waals surface area (Å²) in [7, 11) is 1.99. The van der Waals surface area contributed by atoms with E-state index in [2.05, 4.69) is 36.2 Å². The highest BCUT2D eigenvalue weighted by Gasteiger charge is 2.29. The second-order valence-corrected chi connectivity index (χ2v) is 6.59. The van der Waals surface area contributed by atoms with E-state index in [9.17, 15) is 0 Å². The Morgan fingerprint density at radius 1 is 1.33 bits per heavy atom. The van der Waals surface area contributed by atoms with Gasteiger partial charge >= 0.3 is 0 Å². The topological polar surface area (TPSA) is 42.7 Å². The van der Waals surface area contributed by atoms with Crippen molar-refractivity contribution in [2.75, 3.05) is 6.54 Å². The van der Waals surface area contributed by atoms with E-state index in [-0.39, 0.29) is 5.54 Å². The molecule has 1 aromatic heterocycles. The number of aromatic nitrogens is 3. The fourth-order valence-electron chi connectivity index (χ4n) is 2.83. The first-order valence-electron chi connectivity index (χ1n) is 7.03. The van der Waals surface area contributed by atoms with Crippen molar-refractivity contribution >= 4 is 0 Å². The van der Waals surface area contributed by atoms with E-state index in [1.165, 1.54) is 19.3 Å². The number of hydrogen-bond donors (Lipinski definition) is 1. The van der Waals surface area contributed by atoms with Gasteiger partial charge in [-0.05, 0) is 52.0 Å². The van der Waals surface area contributed by atoms with E-state index in [0.717, 1.165) is 30.6 Å². The second kappa shape index (κ2) is 5.39. The third kappa shape index (κ3) is 3.55. The van der Waals surface area contributed by atoms with Crippen molar-refractivity contribution in [1.29, 1.82) is 0 Å². The lowest BCUT2D eigenvalue weighted by Crippen LogP contribution is -2.40. The Balaban J connectivity index is 1.90. The van der Waals surface area contributed by atoms with E-state index in [1.807, 2.05) is 11.7 Å². The van der Waals surface area contributed by atoms with Crippen LogP contribution in [0.3, 0.4) is 0 Å². The zero-order valence-electron chi connectivity index (χ0n) is 12.1. The summed E-state index contributed by atoms with van der Waals surface area (Å²) < 4.78 is 1.91. The van der Waals surface area contributed by atoms with Crippen molar-refractivity contribution in [2.45, 2.75) is 52.0 Å². The molecule has 1 saturated carbocycles. The van der Waals surface area contributed by atoms with E-state index in [4.69, 9.17) is 0 Å². The quantitative estimate of drug-likeness (QED) is 0.890. The molecule has 1 N–H and O–H groups in total. The summed E-state index contributed by atoms with van der Waals surface area (Å²) in [4.78, 5) is 4.35. The van der Waals surface area contributed by atoms with Crippen molar-refractivity contribution in [1.82, 2.24) is 20.1 Å². The summed E-state index contributed by atoms with van der Waals surface area (Å²) in [5.74, 6) is 2.69. The molecule has 0 aliphatic heterocycles. The molecule has 1 aromatic rings. The van der Waals surface area contributed by atoms with Gasteiger partial charge in [0.05, 0.1) is 0 Å². The first kappa shape index (κ1) is 13.5. The molecule has 0 bridgehead atoms. The standard InChI is InChI=1S/C14H26N4/c1-14(2,3)16-9-12-7-5-6-11(12)8-13-15-10-17-18(13)4/h10-12,16H,5-9H2,1-4H3. The van der Waals surface area contributed by atoms with Crippen LogP contribution in [0.2, 0.25) is 0 Å². The van der Waals surface area contributed by atoms with Gasteiger partial charge < -0.3 is 5.32 Å². The Morgan fingerprint density at radius 2 is 2.06 bits per heavy atom. The normalized spacial score (nSPS) is 24.7. The molecule has 1 fully saturated rings. The first-order valence-corrected chi connectivity index (χ1v) is 7.03. The van der Waals surface area contributed by atoms with Gasteiger partial charge in [-0.2, -0.15) is 5.10 Å². The van der Waals surface area contributed by atoms with Gasteiger partial charge in [-0.25, -0.2) is 4.98 Å². The minimum absolute atomic E-state index is 0.220. The van der Waals surface area contributed by atoms with Crippen LogP contribution in [0.4, 0.5) is 0 Å². The minimum Gasteiger partial charge on any atom is -0.312 e. The Bertz CT molecular complexity index is 377. The van der Waals surface area contributed by atoms with Gasteiger partial charge in [0.25, 0.3) is 0 Å². The van der Waals surface area contributed by atoms with Crippen molar-refractivity contribution in [2.24, 2.45) is 18.9 Å². The molecule has 2 rings (SSSR count). The number of rotatable bonds is 4. The van der Waals surface area contributed by atoms with Gasteiger partial charge in [0.15, 0.2) is 0 Å². The van der Waals surface area contributed by atoms with Crippen LogP contribution < -0.4 is 5.32 Å². The molecule has 0 amide bonds. The predicted octanol–water partition coefficient (Wildman–Crippen LogP) is 2.16. The Morgan fingerprint density at radius 3 is 2.67 bits per heavy atom. The predicted molar refractivity (Wildman–Crippen MR) is 73.3 cm³/mol. The lowest BCUT2D eigenvalue weighted by Gasteiger charge is -2.26. The molecule has 102 valence electrons. The first-order chi connectivity index (χ1) is 8.46.